The maximum atomic E-state index is 10.3. The van der Waals surface area contributed by atoms with E-state index in [2.05, 4.69) is 4.99 Å². The van der Waals surface area contributed by atoms with E-state index in [1.807, 2.05) is 6.92 Å². The normalized spacial score (nSPS) is 12.1. The van der Waals surface area contributed by atoms with Crippen LogP contribution in [0.1, 0.15) is 13.3 Å². The minimum Gasteiger partial charge on any atom is -0.481 e. The molecule has 0 aliphatic carbocycles. The predicted molar refractivity (Wildman–Crippen MR) is 54.8 cm³/mol. The summed E-state index contributed by atoms with van der Waals surface area (Å²) >= 11 is 1.55. The van der Waals surface area contributed by atoms with Gasteiger partial charge in [0.15, 0.2) is 5.96 Å². The van der Waals surface area contributed by atoms with Crippen LogP contribution in [-0.2, 0) is 4.79 Å². The van der Waals surface area contributed by atoms with Crippen LogP contribution in [0.5, 0.6) is 0 Å². The Labute approximate surface area is 81.6 Å². The monoisotopic (exact) mass is 205 g/mol. The van der Waals surface area contributed by atoms with Crippen LogP contribution >= 0.6 is 11.8 Å². The number of nitrogens with two attached hydrogens (primary N) is 2. The van der Waals surface area contributed by atoms with Gasteiger partial charge in [-0.05, 0) is 0 Å². The first kappa shape index (κ1) is 12.1. The van der Waals surface area contributed by atoms with Crippen molar-refractivity contribution in [3.8, 4) is 0 Å². The van der Waals surface area contributed by atoms with Crippen LogP contribution in [0.25, 0.3) is 0 Å². The van der Waals surface area contributed by atoms with Gasteiger partial charge in [0.25, 0.3) is 0 Å². The average Bonchev–Trinajstić information content (AvgIpc) is 1.96. The fraction of sp³-hybridized carbons (Fsp3) is 0.714. The molecule has 0 aromatic rings. The number of nitrogens with zero attached hydrogens (tertiary/aromatic N) is 1. The molecule has 0 heterocycles. The molecule has 5 N–H and O–H groups in total. The van der Waals surface area contributed by atoms with Crippen molar-refractivity contribution in [2.75, 3.05) is 12.3 Å². The molecule has 0 spiro atoms. The summed E-state index contributed by atoms with van der Waals surface area (Å²) in [5.74, 6) is 0.0418. The van der Waals surface area contributed by atoms with E-state index >= 15 is 0 Å². The molecular weight excluding hydrogens is 190 g/mol. The van der Waals surface area contributed by atoms with Crippen LogP contribution in [-0.4, -0.2) is 34.6 Å². The van der Waals surface area contributed by atoms with Gasteiger partial charge in [-0.1, -0.05) is 6.92 Å². The van der Waals surface area contributed by atoms with Crippen molar-refractivity contribution < 1.29 is 9.90 Å². The standard InChI is InChI=1S/C7H15N3O2S/c1-5(4-6(11)12)13-3-2-10-7(8)9/h5H,2-4H2,1H3,(H,11,12)(H4,8,9,10). The molecule has 0 radical (unpaired) electrons. The highest BCUT2D eigenvalue weighted by molar-refractivity contribution is 7.99. The van der Waals surface area contributed by atoms with Crippen molar-refractivity contribution in [1.82, 2.24) is 0 Å². The molecule has 0 aliphatic heterocycles. The summed E-state index contributed by atoms with van der Waals surface area (Å²) in [5, 5.41) is 8.55. The summed E-state index contributed by atoms with van der Waals surface area (Å²) in [6.07, 6.45) is 0.173. The molecule has 0 aromatic carbocycles. The zero-order valence-electron chi connectivity index (χ0n) is 7.56. The van der Waals surface area contributed by atoms with Crippen LogP contribution < -0.4 is 11.5 Å². The maximum absolute atomic E-state index is 10.3. The van der Waals surface area contributed by atoms with Gasteiger partial charge in [-0.25, -0.2) is 0 Å². The lowest BCUT2D eigenvalue weighted by Gasteiger charge is -2.06. The van der Waals surface area contributed by atoms with E-state index < -0.39 is 5.97 Å². The quantitative estimate of drug-likeness (QED) is 0.318. The Morgan fingerprint density at radius 3 is 2.69 bits per heavy atom. The Balaban J connectivity index is 3.42. The summed E-state index contributed by atoms with van der Waals surface area (Å²) in [6.45, 7) is 2.41. The molecule has 1 atom stereocenters. The summed E-state index contributed by atoms with van der Waals surface area (Å²) < 4.78 is 0. The molecule has 76 valence electrons. The van der Waals surface area contributed by atoms with Crippen molar-refractivity contribution in [3.05, 3.63) is 0 Å². The zero-order chi connectivity index (χ0) is 10.3. The summed E-state index contributed by atoms with van der Waals surface area (Å²) in [4.78, 5) is 14.0. The van der Waals surface area contributed by atoms with Crippen LogP contribution in [0, 0.1) is 0 Å². The third-order valence-electron chi connectivity index (χ3n) is 1.25. The van der Waals surface area contributed by atoms with Gasteiger partial charge in [0.1, 0.15) is 0 Å². The molecule has 0 saturated carbocycles. The highest BCUT2D eigenvalue weighted by Gasteiger charge is 2.06. The number of aliphatic carboxylic acids is 1. The molecule has 13 heavy (non-hydrogen) atoms. The smallest absolute Gasteiger partial charge is 0.304 e. The van der Waals surface area contributed by atoms with Gasteiger partial charge in [-0.15, -0.1) is 0 Å². The Hall–Kier alpha value is -0.910. The Bertz CT molecular complexity index is 192. The molecule has 6 heteroatoms. The van der Waals surface area contributed by atoms with Gasteiger partial charge in [0, 0.05) is 11.0 Å². The molecule has 0 saturated heterocycles. The first-order valence-corrected chi connectivity index (χ1v) is 4.96. The first-order chi connectivity index (χ1) is 6.02. The molecule has 0 fully saturated rings. The molecule has 0 rings (SSSR count). The highest BCUT2D eigenvalue weighted by Crippen LogP contribution is 2.13. The molecule has 0 aromatic heterocycles. The van der Waals surface area contributed by atoms with Crippen LogP contribution in [0.4, 0.5) is 0 Å². The largest absolute Gasteiger partial charge is 0.481 e. The fourth-order valence-corrected chi connectivity index (χ4v) is 1.59. The second kappa shape index (κ2) is 6.59. The number of rotatable bonds is 6. The SMILES string of the molecule is CC(CC(=O)O)SCCN=C(N)N. The number of carbonyl (C=O) groups is 1. The van der Waals surface area contributed by atoms with E-state index in [9.17, 15) is 4.79 Å². The summed E-state index contributed by atoms with van der Waals surface area (Å²) in [5.41, 5.74) is 10.2. The lowest BCUT2D eigenvalue weighted by Crippen LogP contribution is -2.23. The van der Waals surface area contributed by atoms with Gasteiger partial charge in [0.2, 0.25) is 0 Å². The Kier molecular flexibility index (Phi) is 6.13. The van der Waals surface area contributed by atoms with Crippen LogP contribution in [0.2, 0.25) is 0 Å². The van der Waals surface area contributed by atoms with E-state index in [1.165, 1.54) is 0 Å². The number of aliphatic imine (C=N–C) groups is 1. The number of thioether (sulfide) groups is 1. The summed E-state index contributed by atoms with van der Waals surface area (Å²) in [6, 6.07) is 0. The molecule has 0 amide bonds. The van der Waals surface area contributed by atoms with E-state index in [0.717, 1.165) is 5.75 Å². The summed E-state index contributed by atoms with van der Waals surface area (Å²) in [7, 11) is 0. The number of carboxylic acids is 1. The fourth-order valence-electron chi connectivity index (χ4n) is 0.733. The van der Waals surface area contributed by atoms with Gasteiger partial charge in [-0.3, -0.25) is 9.79 Å². The van der Waals surface area contributed by atoms with Crippen LogP contribution in [0.15, 0.2) is 4.99 Å². The minimum absolute atomic E-state index is 0.0755. The highest BCUT2D eigenvalue weighted by atomic mass is 32.2. The Morgan fingerprint density at radius 2 is 2.23 bits per heavy atom. The average molecular weight is 205 g/mol. The maximum Gasteiger partial charge on any atom is 0.304 e. The number of carboxylic acid groups (broad SMARTS) is 1. The zero-order valence-corrected chi connectivity index (χ0v) is 8.38. The minimum atomic E-state index is -0.776. The predicted octanol–water partition coefficient (Wildman–Crippen LogP) is -0.144. The molecular formula is C7H15N3O2S. The molecule has 0 bridgehead atoms. The molecule has 5 nitrogen and oxygen atoms in total. The van der Waals surface area contributed by atoms with Crippen molar-refractivity contribution in [1.29, 1.82) is 0 Å². The third-order valence-corrected chi connectivity index (χ3v) is 2.40. The first-order valence-electron chi connectivity index (χ1n) is 3.91. The van der Waals surface area contributed by atoms with Crippen LogP contribution in [0.3, 0.4) is 0 Å². The van der Waals surface area contributed by atoms with Crippen molar-refractivity contribution in [3.63, 3.8) is 0 Å². The van der Waals surface area contributed by atoms with Crippen molar-refractivity contribution in [2.45, 2.75) is 18.6 Å². The van der Waals surface area contributed by atoms with E-state index in [1.54, 1.807) is 11.8 Å². The molecule has 0 aliphatic rings. The number of hydrogen-bond acceptors (Lipinski definition) is 3. The second-order valence-electron chi connectivity index (χ2n) is 2.59. The van der Waals surface area contributed by atoms with E-state index in [-0.39, 0.29) is 17.6 Å². The van der Waals surface area contributed by atoms with Crippen molar-refractivity contribution in [2.24, 2.45) is 16.5 Å². The van der Waals surface area contributed by atoms with E-state index in [0.29, 0.717) is 6.54 Å². The topological polar surface area (TPSA) is 102 Å². The van der Waals surface area contributed by atoms with Gasteiger partial charge >= 0.3 is 5.97 Å². The Morgan fingerprint density at radius 1 is 1.62 bits per heavy atom. The van der Waals surface area contributed by atoms with Gasteiger partial charge in [0.05, 0.1) is 13.0 Å². The lowest BCUT2D eigenvalue weighted by molar-refractivity contribution is -0.136. The third kappa shape index (κ3) is 9.00. The number of guanidine groups is 1. The van der Waals surface area contributed by atoms with E-state index in [4.69, 9.17) is 16.6 Å². The lowest BCUT2D eigenvalue weighted by atomic mass is 10.3. The second-order valence-corrected chi connectivity index (χ2v) is 4.13. The van der Waals surface area contributed by atoms with Crippen molar-refractivity contribution >= 4 is 23.7 Å². The van der Waals surface area contributed by atoms with Gasteiger partial charge in [-0.2, -0.15) is 11.8 Å². The molecule has 1 unspecified atom stereocenters. The number of hydrogen-bond donors (Lipinski definition) is 3. The van der Waals surface area contributed by atoms with Gasteiger partial charge < -0.3 is 16.6 Å².